The van der Waals surface area contributed by atoms with Gasteiger partial charge >= 0.3 is 11.9 Å². The molecule has 0 spiro atoms. The van der Waals surface area contributed by atoms with Gasteiger partial charge in [0.25, 0.3) is 11.8 Å². The number of furan rings is 1. The van der Waals surface area contributed by atoms with Crippen LogP contribution >= 0.6 is 0 Å². The van der Waals surface area contributed by atoms with Gasteiger partial charge < -0.3 is 23.2 Å². The van der Waals surface area contributed by atoms with Gasteiger partial charge in [0.1, 0.15) is 25.1 Å². The van der Waals surface area contributed by atoms with Crippen molar-refractivity contribution in [1.29, 1.82) is 0 Å². The summed E-state index contributed by atoms with van der Waals surface area (Å²) in [4.78, 5) is 51.7. The van der Waals surface area contributed by atoms with Crippen molar-refractivity contribution in [2.24, 2.45) is 5.92 Å². The zero-order chi connectivity index (χ0) is 25.1. The average molecular weight is 482 g/mol. The Hall–Kier alpha value is -3.92. The maximum Gasteiger partial charge on any atom is 0.355 e. The van der Waals surface area contributed by atoms with Gasteiger partial charge in [-0.15, -0.1) is 0 Å². The smallest absolute Gasteiger partial charge is 0.355 e. The molecule has 10 heteroatoms. The van der Waals surface area contributed by atoms with Gasteiger partial charge in [-0.2, -0.15) is 0 Å². The second-order valence-electron chi connectivity index (χ2n) is 8.27. The van der Waals surface area contributed by atoms with Gasteiger partial charge in [0.2, 0.25) is 0 Å². The van der Waals surface area contributed by atoms with Crippen LogP contribution in [-0.2, 0) is 25.7 Å². The van der Waals surface area contributed by atoms with E-state index in [1.54, 1.807) is 61.7 Å². The van der Waals surface area contributed by atoms with Crippen LogP contribution in [0.4, 0.5) is 0 Å². The van der Waals surface area contributed by atoms with E-state index in [9.17, 15) is 19.2 Å². The number of carbonyl (C=O) groups excluding carboxylic acids is 4. The lowest BCUT2D eigenvalue weighted by Crippen LogP contribution is -2.48. The molecule has 1 aromatic carbocycles. The summed E-state index contributed by atoms with van der Waals surface area (Å²) in [5.41, 5.74) is 2.01. The molecule has 2 aromatic heterocycles. The third kappa shape index (κ3) is 4.57. The van der Waals surface area contributed by atoms with Crippen molar-refractivity contribution in [1.82, 2.24) is 9.47 Å². The van der Waals surface area contributed by atoms with Crippen molar-refractivity contribution in [3.8, 4) is 0 Å². The van der Waals surface area contributed by atoms with Gasteiger partial charge in [0, 0.05) is 12.1 Å². The van der Waals surface area contributed by atoms with Crippen molar-refractivity contribution in [3.05, 3.63) is 59.5 Å². The van der Waals surface area contributed by atoms with E-state index < -0.39 is 29.8 Å². The number of hydrogen-bond acceptors (Lipinski definition) is 8. The van der Waals surface area contributed by atoms with E-state index in [2.05, 4.69) is 0 Å². The largest absolute Gasteiger partial charge is 0.463 e. The third-order valence-electron chi connectivity index (χ3n) is 5.68. The Morgan fingerprint density at radius 2 is 1.69 bits per heavy atom. The molecule has 0 aliphatic carbocycles. The van der Waals surface area contributed by atoms with Crippen molar-refractivity contribution < 1.29 is 37.8 Å². The van der Waals surface area contributed by atoms with Crippen LogP contribution in [0.1, 0.15) is 52.0 Å². The molecule has 0 saturated heterocycles. The number of esters is 2. The fourth-order valence-corrected chi connectivity index (χ4v) is 4.07. The minimum absolute atomic E-state index is 0.000741. The molecule has 1 aliphatic rings. The lowest BCUT2D eigenvalue weighted by atomic mass is 10.0. The number of nitrogens with zero attached hydrogens (tertiary/aromatic N) is 2. The molecule has 1 atom stereocenters. The molecule has 0 fully saturated rings. The molecule has 35 heavy (non-hydrogen) atoms. The van der Waals surface area contributed by atoms with Crippen molar-refractivity contribution in [2.45, 2.75) is 33.5 Å². The average Bonchev–Trinajstić information content (AvgIpc) is 3.49. The van der Waals surface area contributed by atoms with Gasteiger partial charge in [-0.05, 0) is 25.0 Å². The normalized spacial score (nSPS) is 14.0. The van der Waals surface area contributed by atoms with Crippen LogP contribution in [-0.4, -0.2) is 59.1 Å². The molecule has 0 N–H and O–H groups in total. The van der Waals surface area contributed by atoms with Crippen LogP contribution in [0.2, 0.25) is 0 Å². The fraction of sp³-hybridized carbons (Fsp3) is 0.360. The molecule has 1 aliphatic heterocycles. The number of aromatic nitrogens is 1. The number of benzene rings is 1. The molecule has 2 amide bonds. The van der Waals surface area contributed by atoms with Crippen LogP contribution in [0.25, 0.3) is 11.1 Å². The summed E-state index contributed by atoms with van der Waals surface area (Å²) in [6.07, 6.45) is 1.50. The zero-order valence-electron chi connectivity index (χ0n) is 19.7. The van der Waals surface area contributed by atoms with Crippen LogP contribution in [0.15, 0.2) is 47.1 Å². The topological polar surface area (TPSA) is 117 Å². The lowest BCUT2D eigenvalue weighted by molar-refractivity contribution is -0.151. The Balaban J connectivity index is 1.36. The summed E-state index contributed by atoms with van der Waals surface area (Å²) in [7, 11) is 0. The minimum Gasteiger partial charge on any atom is -0.463 e. The number of hydrogen-bond donors (Lipinski definition) is 0. The van der Waals surface area contributed by atoms with Gasteiger partial charge in [0.15, 0.2) is 5.58 Å². The summed E-state index contributed by atoms with van der Waals surface area (Å²) in [6, 6.07) is 8.69. The first-order valence-electron chi connectivity index (χ1n) is 11.3. The first-order valence-corrected chi connectivity index (χ1v) is 11.3. The van der Waals surface area contributed by atoms with Crippen LogP contribution in [0, 0.1) is 5.92 Å². The monoisotopic (exact) mass is 482 g/mol. The van der Waals surface area contributed by atoms with E-state index >= 15 is 0 Å². The maximum absolute atomic E-state index is 12.9. The molecule has 3 heterocycles. The molecular formula is C25H26N2O8. The van der Waals surface area contributed by atoms with Gasteiger partial charge in [0.05, 0.1) is 36.1 Å². The highest BCUT2D eigenvalue weighted by Gasteiger charge is 2.44. The predicted molar refractivity (Wildman–Crippen MR) is 123 cm³/mol. The molecule has 4 rings (SSSR count). The third-order valence-corrected chi connectivity index (χ3v) is 5.68. The molecule has 3 aromatic rings. The number of carbonyl (C=O) groups is 4. The maximum atomic E-state index is 12.9. The highest BCUT2D eigenvalue weighted by Crippen LogP contribution is 2.27. The van der Waals surface area contributed by atoms with E-state index in [1.165, 1.54) is 6.26 Å². The fourth-order valence-electron chi connectivity index (χ4n) is 4.07. The second-order valence-corrected chi connectivity index (χ2v) is 8.27. The molecule has 1 unspecified atom stereocenters. The molecule has 184 valence electrons. The van der Waals surface area contributed by atoms with Crippen molar-refractivity contribution >= 4 is 34.9 Å². The SMILES string of the molecule is CCOC(=O)c1cc2occc2n1COCCOC(=O)C(C(C)C)N1C(=O)c2ccccc2C1=O. The standard InChI is InChI=1S/C25H26N2O8/c1-4-33-24(30)19-13-20-18(9-10-34-20)26(19)14-32-11-12-35-25(31)21(15(2)3)27-22(28)16-7-5-6-8-17(16)23(27)29/h5-10,13,15,21H,4,11-12,14H2,1-3H3. The number of fused-ring (bicyclic) bond motifs is 2. The minimum atomic E-state index is -1.06. The van der Waals surface area contributed by atoms with E-state index in [1.807, 2.05) is 0 Å². The number of ether oxygens (including phenoxy) is 3. The van der Waals surface area contributed by atoms with Crippen LogP contribution < -0.4 is 0 Å². The predicted octanol–water partition coefficient (Wildman–Crippen LogP) is 3.25. The molecular weight excluding hydrogens is 456 g/mol. The number of amides is 2. The van der Waals surface area contributed by atoms with E-state index in [0.29, 0.717) is 11.1 Å². The molecule has 10 nitrogen and oxygen atoms in total. The van der Waals surface area contributed by atoms with Gasteiger partial charge in [-0.1, -0.05) is 26.0 Å². The molecule has 0 radical (unpaired) electrons. The van der Waals surface area contributed by atoms with Gasteiger partial charge in [-0.25, -0.2) is 9.59 Å². The molecule has 0 saturated carbocycles. The Labute approximate surface area is 201 Å². The van der Waals surface area contributed by atoms with E-state index in [4.69, 9.17) is 18.6 Å². The Bertz CT molecular complexity index is 1240. The summed E-state index contributed by atoms with van der Waals surface area (Å²) < 4.78 is 23.0. The van der Waals surface area contributed by atoms with Crippen molar-refractivity contribution in [2.75, 3.05) is 19.8 Å². The van der Waals surface area contributed by atoms with Crippen molar-refractivity contribution in [3.63, 3.8) is 0 Å². The van der Waals surface area contributed by atoms with E-state index in [-0.39, 0.29) is 49.3 Å². The zero-order valence-corrected chi connectivity index (χ0v) is 19.7. The van der Waals surface area contributed by atoms with Crippen LogP contribution in [0.5, 0.6) is 0 Å². The Morgan fingerprint density at radius 3 is 2.31 bits per heavy atom. The first-order chi connectivity index (χ1) is 16.8. The highest BCUT2D eigenvalue weighted by atomic mass is 16.6. The van der Waals surface area contributed by atoms with E-state index in [0.717, 1.165) is 4.90 Å². The summed E-state index contributed by atoms with van der Waals surface area (Å²) in [5, 5.41) is 0. The summed E-state index contributed by atoms with van der Waals surface area (Å²) >= 11 is 0. The quantitative estimate of drug-likeness (QED) is 0.246. The Morgan fingerprint density at radius 1 is 1.00 bits per heavy atom. The lowest BCUT2D eigenvalue weighted by Gasteiger charge is -2.27. The highest BCUT2D eigenvalue weighted by molar-refractivity contribution is 6.22. The molecule has 0 bridgehead atoms. The second kappa shape index (κ2) is 10.1. The van der Waals surface area contributed by atoms with Crippen LogP contribution in [0.3, 0.4) is 0 Å². The summed E-state index contributed by atoms with van der Waals surface area (Å²) in [6.45, 7) is 5.35. The van der Waals surface area contributed by atoms with Gasteiger partial charge in [-0.3, -0.25) is 14.5 Å². The summed E-state index contributed by atoms with van der Waals surface area (Å²) in [5.74, 6) is -2.58. The number of imide groups is 1. The first kappa shape index (κ1) is 24.2. The Kier molecular flexibility index (Phi) is 7.02. The number of rotatable bonds is 10.